The second kappa shape index (κ2) is 5.24. The first-order valence-electron chi connectivity index (χ1n) is 7.05. The minimum absolute atomic E-state index is 0.0597. The maximum Gasteiger partial charge on any atom is 0.229 e. The van der Waals surface area contributed by atoms with Crippen molar-refractivity contribution in [3.05, 3.63) is 23.8 Å². The number of amides is 1. The number of rotatable bonds is 2. The predicted molar refractivity (Wildman–Crippen MR) is 80.7 cm³/mol. The fraction of sp³-hybridized carbons (Fsp3) is 0.562. The Kier molecular flexibility index (Phi) is 3.83. The molecule has 1 amide bonds. The summed E-state index contributed by atoms with van der Waals surface area (Å²) in [5.41, 5.74) is 2.95. The summed E-state index contributed by atoms with van der Waals surface area (Å²) in [6, 6.07) is 6.30. The number of nitrogens with one attached hydrogen (secondary N) is 1. The summed E-state index contributed by atoms with van der Waals surface area (Å²) in [6.45, 7) is 10.1. The van der Waals surface area contributed by atoms with Gasteiger partial charge in [0.1, 0.15) is 0 Å². The lowest BCUT2D eigenvalue weighted by atomic mass is 9.95. The smallest absolute Gasteiger partial charge is 0.229 e. The summed E-state index contributed by atoms with van der Waals surface area (Å²) in [7, 11) is 0. The van der Waals surface area contributed by atoms with Crippen molar-refractivity contribution in [1.82, 2.24) is 0 Å². The van der Waals surface area contributed by atoms with Crippen LogP contribution in [0.15, 0.2) is 18.2 Å². The number of carbonyl (C=O) groups excluding carboxylic acids is 1. The largest absolute Gasteiger partial charge is 0.372 e. The summed E-state index contributed by atoms with van der Waals surface area (Å²) in [5, 5.41) is 3.01. The van der Waals surface area contributed by atoms with E-state index in [9.17, 15) is 4.79 Å². The van der Waals surface area contributed by atoms with Gasteiger partial charge in [0.15, 0.2) is 0 Å². The third kappa shape index (κ3) is 3.28. The molecule has 0 radical (unpaired) electrons. The number of carbonyl (C=O) groups is 1. The van der Waals surface area contributed by atoms with Crippen LogP contribution in [0.25, 0.3) is 0 Å². The molecule has 1 fully saturated rings. The first-order valence-corrected chi connectivity index (χ1v) is 7.05. The number of hydrogen-bond donors (Lipinski definition) is 1. The van der Waals surface area contributed by atoms with Crippen LogP contribution in [-0.2, 0) is 4.79 Å². The second-order valence-corrected chi connectivity index (χ2v) is 6.40. The van der Waals surface area contributed by atoms with Crippen molar-refractivity contribution in [2.24, 2.45) is 5.41 Å². The van der Waals surface area contributed by atoms with Crippen molar-refractivity contribution in [2.75, 3.05) is 23.3 Å². The van der Waals surface area contributed by atoms with Crippen LogP contribution in [0.1, 0.15) is 39.2 Å². The molecule has 1 aliphatic rings. The van der Waals surface area contributed by atoms with E-state index in [1.54, 1.807) is 0 Å². The monoisotopic (exact) mass is 260 g/mol. The summed E-state index contributed by atoms with van der Waals surface area (Å²) < 4.78 is 0. The van der Waals surface area contributed by atoms with Crippen molar-refractivity contribution in [1.29, 1.82) is 0 Å². The molecule has 1 aliphatic heterocycles. The maximum atomic E-state index is 12.0. The van der Waals surface area contributed by atoms with Gasteiger partial charge in [-0.2, -0.15) is 0 Å². The molecule has 0 atom stereocenters. The van der Waals surface area contributed by atoms with Gasteiger partial charge < -0.3 is 10.2 Å². The van der Waals surface area contributed by atoms with Gasteiger partial charge in [-0.1, -0.05) is 20.8 Å². The molecule has 1 N–H and O–H groups in total. The Morgan fingerprint density at radius 2 is 1.84 bits per heavy atom. The number of aryl methyl sites for hydroxylation is 1. The zero-order valence-corrected chi connectivity index (χ0v) is 12.4. The molecule has 3 heteroatoms. The molecule has 0 aliphatic carbocycles. The fourth-order valence-electron chi connectivity index (χ4n) is 2.27. The van der Waals surface area contributed by atoms with Gasteiger partial charge in [-0.3, -0.25) is 4.79 Å². The van der Waals surface area contributed by atoms with E-state index < -0.39 is 0 Å². The average Bonchev–Trinajstić information content (AvgIpc) is 2.84. The van der Waals surface area contributed by atoms with Gasteiger partial charge in [0, 0.05) is 29.9 Å². The Morgan fingerprint density at radius 3 is 2.37 bits per heavy atom. The topological polar surface area (TPSA) is 32.3 Å². The highest BCUT2D eigenvalue weighted by Gasteiger charge is 2.22. The number of anilines is 2. The van der Waals surface area contributed by atoms with E-state index in [-0.39, 0.29) is 11.3 Å². The van der Waals surface area contributed by atoms with Crippen LogP contribution in [0.2, 0.25) is 0 Å². The first-order chi connectivity index (χ1) is 8.88. The van der Waals surface area contributed by atoms with Gasteiger partial charge >= 0.3 is 0 Å². The van der Waals surface area contributed by atoms with E-state index in [1.807, 2.05) is 26.8 Å². The van der Waals surface area contributed by atoms with E-state index in [0.29, 0.717) is 0 Å². The molecule has 0 unspecified atom stereocenters. The molecule has 1 heterocycles. The minimum Gasteiger partial charge on any atom is -0.372 e. The van der Waals surface area contributed by atoms with Crippen LogP contribution < -0.4 is 10.2 Å². The van der Waals surface area contributed by atoms with Gasteiger partial charge in [0.2, 0.25) is 5.91 Å². The van der Waals surface area contributed by atoms with Crippen LogP contribution in [-0.4, -0.2) is 19.0 Å². The molecule has 19 heavy (non-hydrogen) atoms. The lowest BCUT2D eigenvalue weighted by molar-refractivity contribution is -0.123. The highest BCUT2D eigenvalue weighted by atomic mass is 16.2. The molecule has 1 aromatic rings. The zero-order chi connectivity index (χ0) is 14.0. The van der Waals surface area contributed by atoms with Gasteiger partial charge in [0.25, 0.3) is 0 Å². The zero-order valence-electron chi connectivity index (χ0n) is 12.4. The average molecular weight is 260 g/mol. The molecule has 0 bridgehead atoms. The van der Waals surface area contributed by atoms with Crippen molar-refractivity contribution < 1.29 is 4.79 Å². The van der Waals surface area contributed by atoms with Crippen LogP contribution in [0.3, 0.4) is 0 Å². The summed E-state index contributed by atoms with van der Waals surface area (Å²) in [4.78, 5) is 14.4. The number of nitrogens with zero attached hydrogens (tertiary/aromatic N) is 1. The first kappa shape index (κ1) is 13.9. The molecule has 1 aromatic carbocycles. The Morgan fingerprint density at radius 1 is 1.21 bits per heavy atom. The lowest BCUT2D eigenvalue weighted by Crippen LogP contribution is -2.28. The van der Waals surface area contributed by atoms with Crippen LogP contribution >= 0.6 is 0 Å². The van der Waals surface area contributed by atoms with Crippen LogP contribution in [0.5, 0.6) is 0 Å². The van der Waals surface area contributed by atoms with Crippen molar-refractivity contribution in [3.8, 4) is 0 Å². The molecule has 104 valence electrons. The summed E-state index contributed by atoms with van der Waals surface area (Å²) >= 11 is 0. The Hall–Kier alpha value is -1.51. The SMILES string of the molecule is Cc1cc(N2CCCC2)ccc1NC(=O)C(C)(C)C. The Balaban J connectivity index is 2.13. The number of benzene rings is 1. The predicted octanol–water partition coefficient (Wildman–Crippen LogP) is 3.58. The fourth-order valence-corrected chi connectivity index (χ4v) is 2.27. The summed E-state index contributed by atoms with van der Waals surface area (Å²) in [5.74, 6) is 0.0597. The highest BCUT2D eigenvalue weighted by molar-refractivity contribution is 5.95. The molecule has 3 nitrogen and oxygen atoms in total. The van der Waals surface area contributed by atoms with Crippen molar-refractivity contribution >= 4 is 17.3 Å². The molecule has 0 saturated carbocycles. The lowest BCUT2D eigenvalue weighted by Gasteiger charge is -2.21. The molecular formula is C16H24N2O. The third-order valence-corrected chi connectivity index (χ3v) is 3.61. The standard InChI is InChI=1S/C16H24N2O/c1-12-11-13(18-9-5-6-10-18)7-8-14(12)17-15(19)16(2,3)4/h7-8,11H,5-6,9-10H2,1-4H3,(H,17,19). The maximum absolute atomic E-state index is 12.0. The molecule has 2 rings (SSSR count). The Labute approximate surface area is 116 Å². The highest BCUT2D eigenvalue weighted by Crippen LogP contribution is 2.26. The van der Waals surface area contributed by atoms with Crippen LogP contribution in [0.4, 0.5) is 11.4 Å². The van der Waals surface area contributed by atoms with E-state index >= 15 is 0 Å². The third-order valence-electron chi connectivity index (χ3n) is 3.61. The van der Waals surface area contributed by atoms with Gasteiger partial charge in [-0.15, -0.1) is 0 Å². The quantitative estimate of drug-likeness (QED) is 0.881. The van der Waals surface area contributed by atoms with E-state index in [4.69, 9.17) is 0 Å². The molecular weight excluding hydrogens is 236 g/mol. The van der Waals surface area contributed by atoms with Gasteiger partial charge in [-0.05, 0) is 43.5 Å². The van der Waals surface area contributed by atoms with Crippen molar-refractivity contribution in [3.63, 3.8) is 0 Å². The second-order valence-electron chi connectivity index (χ2n) is 6.40. The van der Waals surface area contributed by atoms with E-state index in [2.05, 4.69) is 29.3 Å². The van der Waals surface area contributed by atoms with Crippen LogP contribution in [0, 0.1) is 12.3 Å². The Bertz CT molecular complexity index is 468. The van der Waals surface area contributed by atoms with Crippen molar-refractivity contribution in [2.45, 2.75) is 40.5 Å². The number of hydrogen-bond acceptors (Lipinski definition) is 2. The molecule has 0 aromatic heterocycles. The summed E-state index contributed by atoms with van der Waals surface area (Å²) in [6.07, 6.45) is 2.56. The molecule has 1 saturated heterocycles. The van der Waals surface area contributed by atoms with E-state index in [0.717, 1.165) is 24.3 Å². The normalized spacial score (nSPS) is 15.7. The van der Waals surface area contributed by atoms with Gasteiger partial charge in [-0.25, -0.2) is 0 Å². The van der Waals surface area contributed by atoms with E-state index in [1.165, 1.54) is 18.5 Å². The minimum atomic E-state index is -0.361. The van der Waals surface area contributed by atoms with Gasteiger partial charge in [0.05, 0.1) is 0 Å². The molecule has 0 spiro atoms.